The first kappa shape index (κ1) is 35.7. The maximum absolute atomic E-state index is 12.3. The molecule has 0 aromatic carbocycles. The van der Waals surface area contributed by atoms with Crippen molar-refractivity contribution >= 4 is 11.9 Å². The van der Waals surface area contributed by atoms with Gasteiger partial charge in [-0.2, -0.15) is 0 Å². The molecule has 37 heavy (non-hydrogen) atoms. The van der Waals surface area contributed by atoms with E-state index < -0.39 is 5.41 Å². The zero-order valence-electron chi connectivity index (χ0n) is 23.7. The number of ether oxygens (including phenoxy) is 3. The number of esters is 2. The zero-order chi connectivity index (χ0) is 27.9. The first-order valence-electron chi connectivity index (χ1n) is 13.4. The van der Waals surface area contributed by atoms with Crippen LogP contribution in [-0.2, 0) is 23.8 Å². The molecule has 11 heteroatoms. The fourth-order valence-corrected chi connectivity index (χ4v) is 3.46. The molecule has 0 unspecified atom stereocenters. The van der Waals surface area contributed by atoms with Crippen LogP contribution in [0.2, 0.25) is 0 Å². The molecular formula is C26H53N3O8. The maximum atomic E-state index is 12.3. The molecule has 0 aliphatic rings. The fourth-order valence-electron chi connectivity index (χ4n) is 3.46. The summed E-state index contributed by atoms with van der Waals surface area (Å²) in [5.41, 5.74) is -0.681. The van der Waals surface area contributed by atoms with Crippen molar-refractivity contribution in [3.05, 3.63) is 0 Å². The van der Waals surface area contributed by atoms with Gasteiger partial charge in [-0.05, 0) is 46.8 Å². The number of carbonyl (C=O) groups is 2. The minimum atomic E-state index is -0.681. The Morgan fingerprint density at radius 3 is 1.41 bits per heavy atom. The molecule has 220 valence electrons. The Morgan fingerprint density at radius 2 is 1.00 bits per heavy atom. The van der Waals surface area contributed by atoms with Crippen LogP contribution in [0, 0.1) is 5.41 Å². The molecule has 0 rings (SSSR count). The van der Waals surface area contributed by atoms with Crippen molar-refractivity contribution in [1.29, 1.82) is 0 Å². The summed E-state index contributed by atoms with van der Waals surface area (Å²) in [4.78, 5) is 30.7. The highest BCUT2D eigenvalue weighted by Crippen LogP contribution is 2.19. The van der Waals surface area contributed by atoms with E-state index in [0.717, 1.165) is 25.9 Å². The van der Waals surface area contributed by atoms with Crippen molar-refractivity contribution in [2.45, 2.75) is 45.4 Å². The highest BCUT2D eigenvalue weighted by molar-refractivity contribution is 5.70. The van der Waals surface area contributed by atoms with E-state index in [1.54, 1.807) is 0 Å². The van der Waals surface area contributed by atoms with E-state index in [1.165, 1.54) is 0 Å². The molecule has 0 saturated carbocycles. The van der Waals surface area contributed by atoms with Gasteiger partial charge in [-0.3, -0.25) is 9.59 Å². The number of carbonyl (C=O) groups excluding carboxylic acids is 2. The third-order valence-corrected chi connectivity index (χ3v) is 5.93. The molecule has 0 fully saturated rings. The van der Waals surface area contributed by atoms with Crippen LogP contribution in [0.4, 0.5) is 0 Å². The van der Waals surface area contributed by atoms with Gasteiger partial charge in [0.1, 0.15) is 13.2 Å². The van der Waals surface area contributed by atoms with E-state index in [-0.39, 0.29) is 64.4 Å². The molecule has 0 saturated heterocycles. The van der Waals surface area contributed by atoms with E-state index in [4.69, 9.17) is 29.5 Å². The second kappa shape index (κ2) is 22.6. The molecule has 11 nitrogen and oxygen atoms in total. The Bertz CT molecular complexity index is 548. The van der Waals surface area contributed by atoms with Gasteiger partial charge in [-0.1, -0.05) is 6.92 Å². The Balaban J connectivity index is 4.66. The highest BCUT2D eigenvalue weighted by Gasteiger charge is 2.29. The van der Waals surface area contributed by atoms with Gasteiger partial charge in [0.25, 0.3) is 0 Å². The number of hydrogen-bond donors (Lipinski definition) is 3. The Kier molecular flexibility index (Phi) is 21.8. The van der Waals surface area contributed by atoms with Gasteiger partial charge >= 0.3 is 11.9 Å². The van der Waals surface area contributed by atoms with Crippen molar-refractivity contribution in [2.24, 2.45) is 5.41 Å². The van der Waals surface area contributed by atoms with Crippen molar-refractivity contribution in [2.75, 3.05) is 107 Å². The number of hydrogen-bond acceptors (Lipinski definition) is 11. The van der Waals surface area contributed by atoms with E-state index in [2.05, 4.69) is 4.90 Å². The summed E-state index contributed by atoms with van der Waals surface area (Å²) in [6, 6.07) is 0. The number of aliphatic hydroxyl groups excluding tert-OH is 3. The van der Waals surface area contributed by atoms with Crippen LogP contribution < -0.4 is 0 Å². The molecule has 0 aromatic heterocycles. The summed E-state index contributed by atoms with van der Waals surface area (Å²) in [6.45, 7) is 7.38. The topological polar surface area (TPSA) is 132 Å². The minimum Gasteiger partial charge on any atom is -0.465 e. The fraction of sp³-hybridized carbons (Fsp3) is 0.923. The van der Waals surface area contributed by atoms with Crippen LogP contribution in [0.15, 0.2) is 0 Å². The number of nitrogens with zero attached hydrogens (tertiary/aromatic N) is 3. The van der Waals surface area contributed by atoms with E-state index in [9.17, 15) is 9.59 Å². The average molecular weight is 536 g/mol. The molecule has 0 heterocycles. The molecule has 0 amide bonds. The summed E-state index contributed by atoms with van der Waals surface area (Å²) in [5.74, 6) is -0.658. The Hall–Kier alpha value is -1.34. The second-order valence-electron chi connectivity index (χ2n) is 10.2. The molecule has 0 aliphatic carbocycles. The van der Waals surface area contributed by atoms with Gasteiger partial charge in [0.2, 0.25) is 0 Å². The summed E-state index contributed by atoms with van der Waals surface area (Å²) in [6.07, 6.45) is 3.33. The molecule has 0 aliphatic heterocycles. The molecule has 0 bridgehead atoms. The lowest BCUT2D eigenvalue weighted by atomic mass is 9.94. The number of aliphatic hydroxyl groups is 3. The highest BCUT2D eigenvalue weighted by atomic mass is 16.6. The first-order chi connectivity index (χ1) is 17.7. The van der Waals surface area contributed by atoms with Crippen molar-refractivity contribution in [1.82, 2.24) is 14.7 Å². The standard InChI is InChI=1S/C26H53N3O8/c1-26(21-35-20-8-14-27(2)11-5-17-30,22-36-24(33)9-15-28(3)12-6-18-31)23-37-25(34)10-16-29(4)13-7-19-32/h30-32H,5-23H2,1-4H3. The normalized spacial score (nSPS) is 12.1. The lowest BCUT2D eigenvalue weighted by molar-refractivity contribution is -0.156. The molecule has 0 atom stereocenters. The Labute approximate surface area is 223 Å². The van der Waals surface area contributed by atoms with Crippen LogP contribution >= 0.6 is 0 Å². The van der Waals surface area contributed by atoms with Crippen molar-refractivity contribution in [3.63, 3.8) is 0 Å². The lowest BCUT2D eigenvalue weighted by Crippen LogP contribution is -2.37. The molecule has 0 spiro atoms. The quantitative estimate of drug-likeness (QED) is 0.109. The van der Waals surface area contributed by atoms with Crippen LogP contribution in [0.5, 0.6) is 0 Å². The maximum Gasteiger partial charge on any atom is 0.307 e. The smallest absolute Gasteiger partial charge is 0.307 e. The van der Waals surface area contributed by atoms with E-state index in [0.29, 0.717) is 45.6 Å². The molecule has 0 aromatic rings. The van der Waals surface area contributed by atoms with E-state index >= 15 is 0 Å². The minimum absolute atomic E-state index is 0.0757. The largest absolute Gasteiger partial charge is 0.465 e. The summed E-state index contributed by atoms with van der Waals surface area (Å²) in [5, 5.41) is 26.8. The van der Waals surface area contributed by atoms with Crippen molar-refractivity contribution in [3.8, 4) is 0 Å². The monoisotopic (exact) mass is 535 g/mol. The third-order valence-electron chi connectivity index (χ3n) is 5.93. The number of rotatable bonds is 25. The first-order valence-corrected chi connectivity index (χ1v) is 13.4. The molecule has 3 N–H and O–H groups in total. The van der Waals surface area contributed by atoms with Crippen LogP contribution in [0.1, 0.15) is 45.4 Å². The van der Waals surface area contributed by atoms with Crippen LogP contribution in [0.25, 0.3) is 0 Å². The molecule has 0 radical (unpaired) electrons. The zero-order valence-corrected chi connectivity index (χ0v) is 23.7. The van der Waals surface area contributed by atoms with Gasteiger partial charge in [-0.15, -0.1) is 0 Å². The summed E-state index contributed by atoms with van der Waals surface area (Å²) < 4.78 is 16.9. The predicted molar refractivity (Wildman–Crippen MR) is 142 cm³/mol. The molecular weight excluding hydrogens is 482 g/mol. The predicted octanol–water partition coefficient (Wildman–Crippen LogP) is 0.209. The SMILES string of the molecule is CN(CCCO)CCCOCC(C)(COC(=O)CCN(C)CCCO)COC(=O)CCN(C)CCCO. The summed E-state index contributed by atoms with van der Waals surface area (Å²) in [7, 11) is 5.78. The summed E-state index contributed by atoms with van der Waals surface area (Å²) >= 11 is 0. The van der Waals surface area contributed by atoms with Crippen LogP contribution in [-0.4, -0.2) is 149 Å². The van der Waals surface area contributed by atoms with Crippen molar-refractivity contribution < 1.29 is 39.1 Å². The lowest BCUT2D eigenvalue weighted by Gasteiger charge is -2.29. The van der Waals surface area contributed by atoms with Gasteiger partial charge in [0.15, 0.2) is 0 Å². The van der Waals surface area contributed by atoms with E-state index in [1.807, 2.05) is 37.9 Å². The third kappa shape index (κ3) is 21.3. The van der Waals surface area contributed by atoms with Gasteiger partial charge in [0.05, 0.1) is 24.9 Å². The average Bonchev–Trinajstić information content (AvgIpc) is 2.89. The van der Waals surface area contributed by atoms with Gasteiger partial charge in [0, 0.05) is 65.7 Å². The van der Waals surface area contributed by atoms with Gasteiger partial charge < -0.3 is 44.2 Å². The van der Waals surface area contributed by atoms with Gasteiger partial charge in [-0.25, -0.2) is 0 Å². The Morgan fingerprint density at radius 1 is 0.622 bits per heavy atom. The van der Waals surface area contributed by atoms with Crippen LogP contribution in [0.3, 0.4) is 0 Å². The second-order valence-corrected chi connectivity index (χ2v) is 10.2.